The van der Waals surface area contributed by atoms with Crippen LogP contribution in [0, 0.1) is 0 Å². The molecular formula is C17H24N2O2. The number of carbonyl (C=O) groups is 1. The van der Waals surface area contributed by atoms with Crippen molar-refractivity contribution in [3.8, 4) is 5.75 Å². The lowest BCUT2D eigenvalue weighted by molar-refractivity contribution is -0.132. The summed E-state index contributed by atoms with van der Waals surface area (Å²) in [6, 6.07) is 7.79. The summed E-state index contributed by atoms with van der Waals surface area (Å²) in [5, 5.41) is 0. The average molecular weight is 288 g/mol. The van der Waals surface area contributed by atoms with E-state index in [4.69, 9.17) is 4.74 Å². The van der Waals surface area contributed by atoms with E-state index in [1.54, 1.807) is 0 Å². The highest BCUT2D eigenvalue weighted by Gasteiger charge is 2.20. The zero-order valence-electron chi connectivity index (χ0n) is 12.8. The fourth-order valence-electron chi connectivity index (χ4n) is 2.52. The first-order valence-corrected chi connectivity index (χ1v) is 7.55. The van der Waals surface area contributed by atoms with Gasteiger partial charge in [-0.1, -0.05) is 18.2 Å². The van der Waals surface area contributed by atoms with Crippen LogP contribution >= 0.6 is 0 Å². The minimum Gasteiger partial charge on any atom is -0.494 e. The normalized spacial score (nSPS) is 15.8. The van der Waals surface area contributed by atoms with Gasteiger partial charge in [0.2, 0.25) is 5.91 Å². The van der Waals surface area contributed by atoms with Crippen LogP contribution in [0.5, 0.6) is 5.75 Å². The van der Waals surface area contributed by atoms with Gasteiger partial charge in [0, 0.05) is 32.7 Å². The number of carbonyl (C=O) groups excluding carboxylic acids is 1. The molecule has 0 radical (unpaired) electrons. The van der Waals surface area contributed by atoms with Crippen LogP contribution in [0.25, 0.3) is 0 Å². The van der Waals surface area contributed by atoms with Gasteiger partial charge in [-0.25, -0.2) is 0 Å². The van der Waals surface area contributed by atoms with E-state index < -0.39 is 0 Å². The van der Waals surface area contributed by atoms with Crippen LogP contribution in [-0.4, -0.2) is 55.0 Å². The second-order valence-electron chi connectivity index (χ2n) is 5.22. The molecule has 1 heterocycles. The van der Waals surface area contributed by atoms with Gasteiger partial charge in [0.1, 0.15) is 5.75 Å². The van der Waals surface area contributed by atoms with Crippen LogP contribution in [0.1, 0.15) is 12.5 Å². The maximum Gasteiger partial charge on any atom is 0.227 e. The highest BCUT2D eigenvalue weighted by Crippen LogP contribution is 2.13. The highest BCUT2D eigenvalue weighted by molar-refractivity contribution is 5.78. The molecule has 0 unspecified atom stereocenters. The molecule has 21 heavy (non-hydrogen) atoms. The summed E-state index contributed by atoms with van der Waals surface area (Å²) in [5.41, 5.74) is 1.04. The molecule has 1 aliphatic heterocycles. The molecule has 4 heteroatoms. The summed E-state index contributed by atoms with van der Waals surface area (Å²) < 4.78 is 5.41. The number of amides is 1. The zero-order chi connectivity index (χ0) is 15.1. The van der Waals surface area contributed by atoms with E-state index in [1.807, 2.05) is 42.2 Å². The third-order valence-electron chi connectivity index (χ3n) is 3.70. The van der Waals surface area contributed by atoms with Crippen molar-refractivity contribution in [1.82, 2.24) is 9.80 Å². The zero-order valence-corrected chi connectivity index (χ0v) is 12.8. The van der Waals surface area contributed by atoms with Crippen LogP contribution in [0.2, 0.25) is 0 Å². The molecule has 0 bridgehead atoms. The predicted octanol–water partition coefficient (Wildman–Crippen LogP) is 1.96. The van der Waals surface area contributed by atoms with Crippen molar-refractivity contribution in [2.45, 2.75) is 13.3 Å². The highest BCUT2D eigenvalue weighted by atomic mass is 16.5. The number of nitrogens with zero attached hydrogens (tertiary/aromatic N) is 2. The summed E-state index contributed by atoms with van der Waals surface area (Å²) in [6.45, 7) is 10.8. The molecule has 1 aromatic rings. The molecule has 1 saturated heterocycles. The molecule has 114 valence electrons. The van der Waals surface area contributed by atoms with Crippen molar-refractivity contribution in [3.05, 3.63) is 42.5 Å². The molecule has 2 rings (SSSR count). The van der Waals surface area contributed by atoms with Crippen LogP contribution in [0.15, 0.2) is 36.9 Å². The summed E-state index contributed by atoms with van der Waals surface area (Å²) in [6.07, 6.45) is 2.38. The summed E-state index contributed by atoms with van der Waals surface area (Å²) >= 11 is 0. The second kappa shape index (κ2) is 7.84. The lowest BCUT2D eigenvalue weighted by Gasteiger charge is -2.34. The second-order valence-corrected chi connectivity index (χ2v) is 5.22. The molecule has 1 fully saturated rings. The molecule has 1 aliphatic rings. The van der Waals surface area contributed by atoms with E-state index in [1.165, 1.54) is 0 Å². The molecule has 1 amide bonds. The monoisotopic (exact) mass is 288 g/mol. The Balaban J connectivity index is 1.83. The smallest absolute Gasteiger partial charge is 0.227 e. The fraction of sp³-hybridized carbons (Fsp3) is 0.471. The lowest BCUT2D eigenvalue weighted by Crippen LogP contribution is -2.49. The molecule has 0 saturated carbocycles. The van der Waals surface area contributed by atoms with Crippen LogP contribution in [-0.2, 0) is 11.2 Å². The first-order valence-electron chi connectivity index (χ1n) is 7.55. The maximum atomic E-state index is 12.3. The SMILES string of the molecule is C=CCN1CCN(C(=O)Cc2ccc(OCC)cc2)CC1. The van der Waals surface area contributed by atoms with E-state index >= 15 is 0 Å². The fourth-order valence-corrected chi connectivity index (χ4v) is 2.52. The Morgan fingerprint density at radius 3 is 2.48 bits per heavy atom. The van der Waals surface area contributed by atoms with Crippen LogP contribution < -0.4 is 4.74 Å². The van der Waals surface area contributed by atoms with E-state index in [2.05, 4.69) is 11.5 Å². The number of hydrogen-bond donors (Lipinski definition) is 0. The van der Waals surface area contributed by atoms with E-state index in [0.29, 0.717) is 13.0 Å². The average Bonchev–Trinajstić information content (AvgIpc) is 2.50. The third kappa shape index (κ3) is 4.60. The quantitative estimate of drug-likeness (QED) is 0.750. The first kappa shape index (κ1) is 15.6. The van der Waals surface area contributed by atoms with Gasteiger partial charge in [-0.2, -0.15) is 0 Å². The standard InChI is InChI=1S/C17H24N2O2/c1-3-9-18-10-12-19(13-11-18)17(20)14-15-5-7-16(8-6-15)21-4-2/h3,5-8H,1,4,9-14H2,2H3. The maximum absolute atomic E-state index is 12.3. The Hall–Kier alpha value is -1.81. The number of benzene rings is 1. The summed E-state index contributed by atoms with van der Waals surface area (Å²) in [5.74, 6) is 1.06. The molecule has 1 aromatic carbocycles. The van der Waals surface area contributed by atoms with Crippen LogP contribution in [0.3, 0.4) is 0 Å². The van der Waals surface area contributed by atoms with Crippen molar-refractivity contribution in [3.63, 3.8) is 0 Å². The molecule has 0 atom stereocenters. The molecule has 0 N–H and O–H groups in total. The summed E-state index contributed by atoms with van der Waals surface area (Å²) in [7, 11) is 0. The van der Waals surface area contributed by atoms with Crippen molar-refractivity contribution >= 4 is 5.91 Å². The first-order chi connectivity index (χ1) is 10.2. The molecule has 0 spiro atoms. The Kier molecular flexibility index (Phi) is 5.81. The Bertz CT molecular complexity index is 462. The Morgan fingerprint density at radius 2 is 1.90 bits per heavy atom. The minimum absolute atomic E-state index is 0.206. The van der Waals surface area contributed by atoms with Gasteiger partial charge >= 0.3 is 0 Å². The van der Waals surface area contributed by atoms with Gasteiger partial charge in [0.15, 0.2) is 0 Å². The van der Waals surface area contributed by atoms with Crippen molar-refractivity contribution in [1.29, 1.82) is 0 Å². The van der Waals surface area contributed by atoms with Gasteiger partial charge in [0.25, 0.3) is 0 Å². The topological polar surface area (TPSA) is 32.8 Å². The number of rotatable bonds is 6. The lowest BCUT2D eigenvalue weighted by atomic mass is 10.1. The molecule has 0 aliphatic carbocycles. The number of piperazine rings is 1. The van der Waals surface area contributed by atoms with E-state index in [0.717, 1.165) is 44.0 Å². The van der Waals surface area contributed by atoms with Crippen molar-refractivity contribution in [2.24, 2.45) is 0 Å². The Labute approximate surface area is 127 Å². The van der Waals surface area contributed by atoms with Gasteiger partial charge in [-0.05, 0) is 24.6 Å². The largest absolute Gasteiger partial charge is 0.494 e. The van der Waals surface area contributed by atoms with E-state index in [-0.39, 0.29) is 5.91 Å². The summed E-state index contributed by atoms with van der Waals surface area (Å²) in [4.78, 5) is 16.6. The van der Waals surface area contributed by atoms with E-state index in [9.17, 15) is 4.79 Å². The number of hydrogen-bond acceptors (Lipinski definition) is 3. The van der Waals surface area contributed by atoms with Gasteiger partial charge < -0.3 is 9.64 Å². The minimum atomic E-state index is 0.206. The van der Waals surface area contributed by atoms with Gasteiger partial charge in [0.05, 0.1) is 13.0 Å². The molecule has 0 aromatic heterocycles. The Morgan fingerprint density at radius 1 is 1.24 bits per heavy atom. The van der Waals surface area contributed by atoms with Crippen LogP contribution in [0.4, 0.5) is 0 Å². The third-order valence-corrected chi connectivity index (χ3v) is 3.70. The molecular weight excluding hydrogens is 264 g/mol. The molecule has 4 nitrogen and oxygen atoms in total. The van der Waals surface area contributed by atoms with Gasteiger partial charge in [-0.15, -0.1) is 6.58 Å². The predicted molar refractivity (Wildman–Crippen MR) is 84.5 cm³/mol. The van der Waals surface area contributed by atoms with Crippen molar-refractivity contribution < 1.29 is 9.53 Å². The number of ether oxygens (including phenoxy) is 1. The van der Waals surface area contributed by atoms with Crippen molar-refractivity contribution in [2.75, 3.05) is 39.3 Å². The van der Waals surface area contributed by atoms with Gasteiger partial charge in [-0.3, -0.25) is 9.69 Å².